The Morgan fingerprint density at radius 2 is 2.03 bits per heavy atom. The summed E-state index contributed by atoms with van der Waals surface area (Å²) in [7, 11) is 3.60. The summed E-state index contributed by atoms with van der Waals surface area (Å²) in [5, 5.41) is 3.97. The van der Waals surface area contributed by atoms with Crippen LogP contribution in [0.3, 0.4) is 0 Å². The molecule has 0 aromatic carbocycles. The fourth-order valence-corrected chi connectivity index (χ4v) is 5.13. The molecule has 0 amide bonds. The number of aromatic amines is 1. The second-order valence-electron chi connectivity index (χ2n) is 9.85. The first-order chi connectivity index (χ1) is 17.2. The van der Waals surface area contributed by atoms with E-state index < -0.39 is 5.66 Å². The van der Waals surface area contributed by atoms with Crippen molar-refractivity contribution in [2.75, 3.05) is 32.4 Å². The van der Waals surface area contributed by atoms with Crippen LogP contribution in [-0.2, 0) is 5.66 Å². The van der Waals surface area contributed by atoms with Crippen LogP contribution >= 0.6 is 9.24 Å². The number of aliphatic imine (C=N–C) groups is 1. The molecule has 190 valence electrons. The number of pyridine rings is 2. The average Bonchev–Trinajstić information content (AvgIpc) is 3.59. The number of piperidine rings is 1. The van der Waals surface area contributed by atoms with Crippen molar-refractivity contribution in [1.82, 2.24) is 25.2 Å². The van der Waals surface area contributed by atoms with Gasteiger partial charge in [0.1, 0.15) is 11.5 Å². The van der Waals surface area contributed by atoms with Gasteiger partial charge in [-0.1, -0.05) is 15.8 Å². The lowest BCUT2D eigenvalue weighted by Gasteiger charge is -2.31. The van der Waals surface area contributed by atoms with Crippen LogP contribution < -0.4 is 11.1 Å². The quantitative estimate of drug-likeness (QED) is 0.243. The summed E-state index contributed by atoms with van der Waals surface area (Å²) < 4.78 is 28.0. The lowest BCUT2D eigenvalue weighted by molar-refractivity contribution is 0.0995. The molecule has 7 nitrogen and oxygen atoms in total. The van der Waals surface area contributed by atoms with E-state index in [-0.39, 0.29) is 5.69 Å². The average molecular weight is 512 g/mol. The van der Waals surface area contributed by atoms with E-state index in [9.17, 15) is 8.78 Å². The Morgan fingerprint density at radius 3 is 2.72 bits per heavy atom. The fraction of sp³-hybridized carbons (Fsp3) is 0.423. The first-order valence-corrected chi connectivity index (χ1v) is 12.9. The van der Waals surface area contributed by atoms with Crippen molar-refractivity contribution < 1.29 is 8.78 Å². The van der Waals surface area contributed by atoms with Crippen molar-refractivity contribution in [1.29, 1.82) is 0 Å². The van der Waals surface area contributed by atoms with Crippen LogP contribution in [-0.4, -0.2) is 52.4 Å². The Kier molecular flexibility index (Phi) is 6.79. The molecule has 4 N–H and O–H groups in total. The molecule has 1 aliphatic heterocycles. The van der Waals surface area contributed by atoms with Crippen molar-refractivity contribution in [3.8, 4) is 0 Å². The zero-order chi connectivity index (χ0) is 25.4. The standard InChI is InChI=1S/C26H32F2N7P/c1-15(18-7-10-32-24-19(18)11-22(34-24)26(27,28)36)33-25(35(2)14-16-5-8-30-9-6-16)23-20(17-3-4-17)12-31-13-21(23)29/h7,10-13,16-17,30H,1,3-6,8-9,14,29,36H2,2H3,(H,32,34)/b33-25+. The molecule has 0 spiro atoms. The number of halogens is 2. The second-order valence-corrected chi connectivity index (χ2v) is 10.6. The van der Waals surface area contributed by atoms with Crippen molar-refractivity contribution in [3.63, 3.8) is 0 Å². The third-order valence-corrected chi connectivity index (χ3v) is 7.35. The molecule has 4 heterocycles. The summed E-state index contributed by atoms with van der Waals surface area (Å²) in [6.07, 6.45) is 9.54. The molecule has 2 fully saturated rings. The molecule has 2 aliphatic rings. The lowest BCUT2D eigenvalue weighted by atomic mass is 9.96. The molecule has 1 aliphatic carbocycles. The summed E-state index contributed by atoms with van der Waals surface area (Å²) in [4.78, 5) is 18.5. The van der Waals surface area contributed by atoms with Gasteiger partial charge < -0.3 is 20.9 Å². The molecule has 10 heteroatoms. The van der Waals surface area contributed by atoms with Crippen molar-refractivity contribution in [2.24, 2.45) is 10.9 Å². The number of hydrogen-bond acceptors (Lipinski definition) is 5. The number of H-pyrrole nitrogens is 1. The third kappa shape index (κ3) is 5.13. The third-order valence-electron chi connectivity index (χ3n) is 7.04. The van der Waals surface area contributed by atoms with E-state index in [0.717, 1.165) is 62.3 Å². The van der Waals surface area contributed by atoms with E-state index in [1.165, 1.54) is 6.07 Å². The number of nitrogens with one attached hydrogen (secondary N) is 2. The van der Waals surface area contributed by atoms with E-state index in [4.69, 9.17) is 10.7 Å². The Morgan fingerprint density at radius 1 is 1.28 bits per heavy atom. The lowest BCUT2D eigenvalue weighted by Crippen LogP contribution is -2.38. The highest BCUT2D eigenvalue weighted by atomic mass is 31.0. The van der Waals surface area contributed by atoms with Crippen molar-refractivity contribution >= 4 is 37.5 Å². The molecule has 3 aromatic heterocycles. The monoisotopic (exact) mass is 511 g/mol. The Labute approximate surface area is 211 Å². The van der Waals surface area contributed by atoms with Gasteiger partial charge in [-0.05, 0) is 68.3 Å². The van der Waals surface area contributed by atoms with Crippen LogP contribution in [0.1, 0.15) is 54.0 Å². The molecule has 36 heavy (non-hydrogen) atoms. The van der Waals surface area contributed by atoms with Crippen LogP contribution in [0.4, 0.5) is 14.5 Å². The van der Waals surface area contributed by atoms with E-state index >= 15 is 0 Å². The number of nitrogen functional groups attached to an aromatic ring is 1. The zero-order valence-electron chi connectivity index (χ0n) is 20.4. The Bertz CT molecular complexity index is 1300. The highest BCUT2D eigenvalue weighted by molar-refractivity contribution is 7.17. The van der Waals surface area contributed by atoms with Gasteiger partial charge in [0.25, 0.3) is 5.66 Å². The summed E-state index contributed by atoms with van der Waals surface area (Å²) in [6.45, 7) is 7.09. The van der Waals surface area contributed by atoms with E-state index in [2.05, 4.69) is 31.7 Å². The smallest absolute Gasteiger partial charge is 0.298 e. The van der Waals surface area contributed by atoms with Gasteiger partial charge in [-0.2, -0.15) is 8.78 Å². The Balaban J connectivity index is 1.58. The molecule has 5 rings (SSSR count). The van der Waals surface area contributed by atoms with Crippen molar-refractivity contribution in [2.45, 2.75) is 37.3 Å². The molecular formula is C26H32F2N7P. The highest BCUT2D eigenvalue weighted by Gasteiger charge is 2.31. The first kappa shape index (κ1) is 24.8. The number of fused-ring (bicyclic) bond motifs is 1. The number of nitrogens with zero attached hydrogens (tertiary/aromatic N) is 4. The van der Waals surface area contributed by atoms with E-state index in [1.54, 1.807) is 27.7 Å². The second kappa shape index (κ2) is 9.87. The van der Waals surface area contributed by atoms with Crippen LogP contribution in [0.2, 0.25) is 0 Å². The summed E-state index contributed by atoms with van der Waals surface area (Å²) >= 11 is 0. The molecular weight excluding hydrogens is 479 g/mol. The minimum Gasteiger partial charge on any atom is -0.397 e. The predicted molar refractivity (Wildman–Crippen MR) is 144 cm³/mol. The topological polar surface area (TPSA) is 95.2 Å². The van der Waals surface area contributed by atoms with Gasteiger partial charge in [0.2, 0.25) is 0 Å². The Hall–Kier alpha value is -2.90. The molecule has 1 saturated carbocycles. The maximum absolute atomic E-state index is 14.0. The molecule has 0 radical (unpaired) electrons. The number of hydrogen-bond donors (Lipinski definition) is 3. The summed E-state index contributed by atoms with van der Waals surface area (Å²) in [5.41, 5.74) is 7.24. The molecule has 0 bridgehead atoms. The van der Waals surface area contributed by atoms with Gasteiger partial charge in [-0.15, -0.1) is 0 Å². The molecule has 3 aromatic rings. The summed E-state index contributed by atoms with van der Waals surface area (Å²) in [6, 6.07) is 3.18. The SMILES string of the molecule is C=C(/N=C(\c1c(N)cncc1C1CC1)N(C)CC1CCNCC1)c1ccnc2[nH]c(C(F)(F)P)cc12. The van der Waals surface area contributed by atoms with Crippen LogP contribution in [0.5, 0.6) is 0 Å². The zero-order valence-corrected chi connectivity index (χ0v) is 21.6. The van der Waals surface area contributed by atoms with Gasteiger partial charge in [0, 0.05) is 42.5 Å². The maximum Gasteiger partial charge on any atom is 0.298 e. The molecule has 1 atom stereocenters. The van der Waals surface area contributed by atoms with Gasteiger partial charge >= 0.3 is 0 Å². The van der Waals surface area contributed by atoms with Gasteiger partial charge in [-0.25, -0.2) is 9.98 Å². The van der Waals surface area contributed by atoms with Crippen LogP contribution in [0.15, 0.2) is 42.3 Å². The van der Waals surface area contributed by atoms with Crippen molar-refractivity contribution in [3.05, 3.63) is 59.7 Å². The number of amidine groups is 1. The fourth-order valence-electron chi connectivity index (χ4n) is 4.97. The minimum atomic E-state index is -3.09. The number of alkyl halides is 2. The predicted octanol–water partition coefficient (Wildman–Crippen LogP) is 4.69. The van der Waals surface area contributed by atoms with Crippen LogP contribution in [0, 0.1) is 5.92 Å². The highest BCUT2D eigenvalue weighted by Crippen LogP contribution is 2.43. The number of aromatic nitrogens is 3. The minimum absolute atomic E-state index is 0.225. The summed E-state index contributed by atoms with van der Waals surface area (Å²) in [5.74, 6) is 1.69. The number of anilines is 1. The van der Waals surface area contributed by atoms with Gasteiger partial charge in [0.15, 0.2) is 0 Å². The van der Waals surface area contributed by atoms with Gasteiger partial charge in [0.05, 0.1) is 23.3 Å². The maximum atomic E-state index is 14.0. The van der Waals surface area contributed by atoms with Crippen LogP contribution in [0.25, 0.3) is 16.7 Å². The first-order valence-electron chi connectivity index (χ1n) is 12.3. The molecule has 1 saturated heterocycles. The normalized spacial score (nSPS) is 17.5. The molecule has 1 unspecified atom stereocenters. The van der Waals surface area contributed by atoms with Gasteiger partial charge in [-0.3, -0.25) is 4.98 Å². The van der Waals surface area contributed by atoms with E-state index in [0.29, 0.717) is 39.8 Å². The number of rotatable bonds is 7. The number of nitrogens with two attached hydrogens (primary N) is 1. The van der Waals surface area contributed by atoms with E-state index in [1.807, 2.05) is 13.2 Å². The largest absolute Gasteiger partial charge is 0.397 e.